The highest BCUT2D eigenvalue weighted by Gasteiger charge is 2.32. The summed E-state index contributed by atoms with van der Waals surface area (Å²) in [6.07, 6.45) is 3.69. The first-order valence-electron chi connectivity index (χ1n) is 13.3. The number of nitrogens with zero attached hydrogens (tertiary/aromatic N) is 2. The fourth-order valence-corrected chi connectivity index (χ4v) is 4.86. The molecular weight excluding hydrogens is 462 g/mol. The minimum absolute atomic E-state index is 0.135. The van der Waals surface area contributed by atoms with E-state index in [4.69, 9.17) is 4.74 Å². The second-order valence-electron chi connectivity index (χ2n) is 9.99. The summed E-state index contributed by atoms with van der Waals surface area (Å²) in [7, 11) is 0. The lowest BCUT2D eigenvalue weighted by atomic mass is 9.87. The molecule has 6 nitrogen and oxygen atoms in total. The van der Waals surface area contributed by atoms with Crippen LogP contribution >= 0.6 is 0 Å². The highest BCUT2D eigenvalue weighted by molar-refractivity contribution is 5.81. The van der Waals surface area contributed by atoms with Crippen molar-refractivity contribution in [3.05, 3.63) is 95.3 Å². The lowest BCUT2D eigenvalue weighted by Crippen LogP contribution is -2.41. The van der Waals surface area contributed by atoms with Crippen molar-refractivity contribution in [2.45, 2.75) is 58.6 Å². The predicted octanol–water partition coefficient (Wildman–Crippen LogP) is 5.12. The van der Waals surface area contributed by atoms with E-state index in [1.165, 1.54) is 5.56 Å². The van der Waals surface area contributed by atoms with Crippen LogP contribution in [0.15, 0.2) is 72.9 Å². The topological polar surface area (TPSA) is 71.5 Å². The van der Waals surface area contributed by atoms with E-state index >= 15 is 0 Å². The molecule has 4 rings (SSSR count). The standard InChI is InChI=1S/C31H37N3O3/c1-4-28(31(36)33-18-15-25-12-8-9-17-32-25)37-26-14-13-23-16-19-34(29(35)20-22(2)3)30(27(23)21-26)24-10-6-5-7-11-24/h5-14,17,21-22,28,30H,4,15-16,18-20H2,1-3H3,(H,33,36). The minimum Gasteiger partial charge on any atom is -0.481 e. The molecule has 1 aliphatic rings. The van der Waals surface area contributed by atoms with Gasteiger partial charge in [-0.3, -0.25) is 14.6 Å². The molecule has 1 aliphatic heterocycles. The molecule has 1 aromatic heterocycles. The zero-order valence-corrected chi connectivity index (χ0v) is 22.0. The Hall–Kier alpha value is -3.67. The third-order valence-electron chi connectivity index (χ3n) is 6.71. The van der Waals surface area contributed by atoms with E-state index in [-0.39, 0.29) is 17.9 Å². The molecule has 0 aliphatic carbocycles. The number of rotatable bonds is 10. The number of fused-ring (bicyclic) bond motifs is 1. The zero-order chi connectivity index (χ0) is 26.2. The normalized spacial score (nSPS) is 15.7. The van der Waals surface area contributed by atoms with Crippen LogP contribution in [0.3, 0.4) is 0 Å². The lowest BCUT2D eigenvalue weighted by molar-refractivity contribution is -0.134. The van der Waals surface area contributed by atoms with Crippen molar-refractivity contribution in [2.75, 3.05) is 13.1 Å². The summed E-state index contributed by atoms with van der Waals surface area (Å²) in [6, 6.07) is 21.8. The van der Waals surface area contributed by atoms with Crippen LogP contribution in [0.2, 0.25) is 0 Å². The number of aromatic nitrogens is 1. The number of pyridine rings is 1. The molecule has 6 heteroatoms. The molecule has 0 fully saturated rings. The number of hydrogen-bond acceptors (Lipinski definition) is 4. The maximum atomic E-state index is 13.2. The number of ether oxygens (including phenoxy) is 1. The van der Waals surface area contributed by atoms with Crippen LogP contribution in [0.25, 0.3) is 0 Å². The Kier molecular flexibility index (Phi) is 8.94. The average molecular weight is 500 g/mol. The Balaban J connectivity index is 1.52. The summed E-state index contributed by atoms with van der Waals surface area (Å²) in [6.45, 7) is 7.29. The molecular formula is C31H37N3O3. The molecule has 0 saturated carbocycles. The van der Waals surface area contributed by atoms with Gasteiger partial charge in [0.25, 0.3) is 5.91 Å². The number of hydrogen-bond donors (Lipinski definition) is 1. The maximum Gasteiger partial charge on any atom is 0.261 e. The molecule has 37 heavy (non-hydrogen) atoms. The number of amides is 2. The van der Waals surface area contributed by atoms with Gasteiger partial charge >= 0.3 is 0 Å². The van der Waals surface area contributed by atoms with Crippen molar-refractivity contribution in [1.29, 1.82) is 0 Å². The number of benzene rings is 2. The van der Waals surface area contributed by atoms with Gasteiger partial charge in [-0.25, -0.2) is 0 Å². The Morgan fingerprint density at radius 3 is 2.57 bits per heavy atom. The largest absolute Gasteiger partial charge is 0.481 e. The summed E-state index contributed by atoms with van der Waals surface area (Å²) < 4.78 is 6.21. The molecule has 2 atom stereocenters. The highest BCUT2D eigenvalue weighted by atomic mass is 16.5. The first-order valence-corrected chi connectivity index (χ1v) is 13.3. The van der Waals surface area contributed by atoms with E-state index in [9.17, 15) is 9.59 Å². The van der Waals surface area contributed by atoms with Gasteiger partial charge in [0.1, 0.15) is 5.75 Å². The monoisotopic (exact) mass is 499 g/mol. The first-order chi connectivity index (χ1) is 18.0. The van der Waals surface area contributed by atoms with E-state index in [0.717, 1.165) is 23.2 Å². The van der Waals surface area contributed by atoms with Crippen LogP contribution in [0.4, 0.5) is 0 Å². The molecule has 2 aromatic carbocycles. The second-order valence-corrected chi connectivity index (χ2v) is 9.99. The Morgan fingerprint density at radius 2 is 1.86 bits per heavy atom. The summed E-state index contributed by atoms with van der Waals surface area (Å²) in [5.74, 6) is 0.968. The van der Waals surface area contributed by atoms with Gasteiger partial charge in [0.2, 0.25) is 5.91 Å². The maximum absolute atomic E-state index is 13.2. The number of carbonyl (C=O) groups is 2. The van der Waals surface area contributed by atoms with Gasteiger partial charge in [-0.05, 0) is 59.7 Å². The molecule has 3 aromatic rings. The van der Waals surface area contributed by atoms with E-state index < -0.39 is 6.10 Å². The molecule has 0 spiro atoms. The minimum atomic E-state index is -0.598. The van der Waals surface area contributed by atoms with Crippen LogP contribution in [-0.2, 0) is 22.4 Å². The van der Waals surface area contributed by atoms with Gasteiger partial charge in [0, 0.05) is 37.8 Å². The molecule has 0 radical (unpaired) electrons. The van der Waals surface area contributed by atoms with Crippen molar-refractivity contribution in [1.82, 2.24) is 15.2 Å². The zero-order valence-electron chi connectivity index (χ0n) is 22.0. The second kappa shape index (κ2) is 12.5. The Morgan fingerprint density at radius 1 is 1.08 bits per heavy atom. The summed E-state index contributed by atoms with van der Waals surface area (Å²) in [5, 5.41) is 2.98. The van der Waals surface area contributed by atoms with Crippen LogP contribution in [0, 0.1) is 5.92 Å². The molecule has 194 valence electrons. The summed E-state index contributed by atoms with van der Waals surface area (Å²) >= 11 is 0. The van der Waals surface area contributed by atoms with Crippen LogP contribution in [0.5, 0.6) is 5.75 Å². The number of nitrogens with one attached hydrogen (secondary N) is 1. The van der Waals surface area contributed by atoms with Gasteiger partial charge in [0.15, 0.2) is 6.10 Å². The van der Waals surface area contributed by atoms with Gasteiger partial charge in [-0.2, -0.15) is 0 Å². The van der Waals surface area contributed by atoms with Crippen molar-refractivity contribution in [3.63, 3.8) is 0 Å². The van der Waals surface area contributed by atoms with E-state index in [0.29, 0.717) is 44.0 Å². The third kappa shape index (κ3) is 6.76. The van der Waals surface area contributed by atoms with Crippen LogP contribution in [-0.4, -0.2) is 40.9 Å². The van der Waals surface area contributed by atoms with E-state index in [1.54, 1.807) is 6.20 Å². The van der Waals surface area contributed by atoms with Crippen molar-refractivity contribution >= 4 is 11.8 Å². The molecule has 1 N–H and O–H groups in total. The van der Waals surface area contributed by atoms with E-state index in [1.807, 2.05) is 60.4 Å². The number of carbonyl (C=O) groups excluding carboxylic acids is 2. The first kappa shape index (κ1) is 26.4. The quantitative estimate of drug-likeness (QED) is 0.420. The van der Waals surface area contributed by atoms with Crippen molar-refractivity contribution in [2.24, 2.45) is 5.92 Å². The molecule has 2 heterocycles. The molecule has 2 amide bonds. The van der Waals surface area contributed by atoms with E-state index in [2.05, 4.69) is 42.3 Å². The van der Waals surface area contributed by atoms with Gasteiger partial charge in [-0.1, -0.05) is 63.2 Å². The third-order valence-corrected chi connectivity index (χ3v) is 6.71. The van der Waals surface area contributed by atoms with Gasteiger partial charge < -0.3 is 15.0 Å². The highest BCUT2D eigenvalue weighted by Crippen LogP contribution is 2.38. The van der Waals surface area contributed by atoms with Crippen LogP contribution < -0.4 is 10.1 Å². The summed E-state index contributed by atoms with van der Waals surface area (Å²) in [4.78, 5) is 32.4. The fourth-order valence-electron chi connectivity index (χ4n) is 4.86. The summed E-state index contributed by atoms with van der Waals surface area (Å²) in [5.41, 5.74) is 4.30. The predicted molar refractivity (Wildman–Crippen MR) is 145 cm³/mol. The Labute approximate surface area is 220 Å². The van der Waals surface area contributed by atoms with Crippen LogP contribution in [0.1, 0.15) is 62.0 Å². The van der Waals surface area contributed by atoms with Crippen molar-refractivity contribution < 1.29 is 14.3 Å². The molecule has 2 unspecified atom stereocenters. The average Bonchev–Trinajstić information content (AvgIpc) is 2.91. The molecule has 0 bridgehead atoms. The Bertz CT molecular complexity index is 1180. The molecule has 0 saturated heterocycles. The van der Waals surface area contributed by atoms with Crippen molar-refractivity contribution in [3.8, 4) is 5.75 Å². The SMILES string of the molecule is CCC(Oc1ccc2c(c1)C(c1ccccc1)N(C(=O)CC(C)C)CC2)C(=O)NCCc1ccccn1. The fraction of sp³-hybridized carbons (Fsp3) is 0.387. The van der Waals surface area contributed by atoms with Gasteiger partial charge in [-0.15, -0.1) is 0 Å². The smallest absolute Gasteiger partial charge is 0.261 e. The van der Waals surface area contributed by atoms with Gasteiger partial charge in [0.05, 0.1) is 6.04 Å². The lowest BCUT2D eigenvalue weighted by Gasteiger charge is -2.38.